The molecule has 0 bridgehead atoms. The minimum Gasteiger partial charge on any atom is -0.382 e. The van der Waals surface area contributed by atoms with Gasteiger partial charge in [-0.1, -0.05) is 0 Å². The molecule has 160 valence electrons. The Bertz CT molecular complexity index is 734. The van der Waals surface area contributed by atoms with Gasteiger partial charge in [-0.05, 0) is 20.8 Å². The molecule has 0 aromatic carbocycles. The molecule has 0 saturated carbocycles. The van der Waals surface area contributed by atoms with E-state index in [-0.39, 0.29) is 0 Å². The third-order valence-electron chi connectivity index (χ3n) is 4.37. The molecular weight excluding hydrogens is 405 g/mol. The van der Waals surface area contributed by atoms with Crippen LogP contribution in [0.5, 0.6) is 0 Å². The summed E-state index contributed by atoms with van der Waals surface area (Å²) in [6.07, 6.45) is -7.00. The summed E-state index contributed by atoms with van der Waals surface area (Å²) < 4.78 is 20.7. The minimum absolute atomic E-state index is 0.708. The Hall–Kier alpha value is -1.57. The van der Waals surface area contributed by atoms with Gasteiger partial charge < -0.3 is 35.2 Å². The maximum absolute atomic E-state index is 12.3. The minimum atomic E-state index is -5.38. The van der Waals surface area contributed by atoms with E-state index in [9.17, 15) is 39.1 Å². The molecule has 0 aromatic heterocycles. The normalized spacial score (nSPS) is 34.4. The zero-order valence-electron chi connectivity index (χ0n) is 15.4. The van der Waals surface area contributed by atoms with E-state index in [0.29, 0.717) is 13.8 Å². The summed E-state index contributed by atoms with van der Waals surface area (Å²) in [4.78, 5) is 65.8. The summed E-state index contributed by atoms with van der Waals surface area (Å²) in [5, 5.41) is 34.0. The van der Waals surface area contributed by atoms with Gasteiger partial charge in [0.05, 0.1) is 0 Å². The first-order valence-corrected chi connectivity index (χ1v) is 9.35. The third-order valence-corrected chi connectivity index (χ3v) is 4.85. The van der Waals surface area contributed by atoms with Crippen LogP contribution in [0.2, 0.25) is 0 Å². The SMILES string of the molecule is CC(=O)N[C@@H]1[C@H](OP(=O)(O)O)O[C@H](C(O)C(C)=O)[C@](O)(C(C)=O)[C@@]1(O)C(C)=O. The van der Waals surface area contributed by atoms with Crippen LogP contribution in [0.15, 0.2) is 0 Å². The average Bonchev–Trinajstić information content (AvgIpc) is 2.51. The van der Waals surface area contributed by atoms with Crippen molar-refractivity contribution in [2.75, 3.05) is 0 Å². The molecule has 6 N–H and O–H groups in total. The van der Waals surface area contributed by atoms with Crippen molar-refractivity contribution in [2.24, 2.45) is 0 Å². The smallest absolute Gasteiger partial charge is 0.382 e. The fraction of sp³-hybridized carbons (Fsp3) is 0.714. The number of phosphoric ester groups is 1. The van der Waals surface area contributed by atoms with Crippen molar-refractivity contribution in [2.45, 2.75) is 63.4 Å². The molecule has 14 heteroatoms. The molecule has 0 spiro atoms. The van der Waals surface area contributed by atoms with E-state index in [4.69, 9.17) is 14.5 Å². The predicted molar refractivity (Wildman–Crippen MR) is 87.3 cm³/mol. The van der Waals surface area contributed by atoms with Crippen molar-refractivity contribution in [1.82, 2.24) is 5.32 Å². The summed E-state index contributed by atoms with van der Waals surface area (Å²) >= 11 is 0. The summed E-state index contributed by atoms with van der Waals surface area (Å²) in [6, 6.07) is -2.19. The van der Waals surface area contributed by atoms with Crippen LogP contribution in [0.25, 0.3) is 0 Å². The van der Waals surface area contributed by atoms with Crippen LogP contribution in [-0.4, -0.2) is 84.1 Å². The maximum atomic E-state index is 12.3. The average molecular weight is 427 g/mol. The number of amides is 1. The van der Waals surface area contributed by atoms with E-state index in [1.807, 2.05) is 5.32 Å². The van der Waals surface area contributed by atoms with Crippen molar-refractivity contribution in [3.63, 3.8) is 0 Å². The summed E-state index contributed by atoms with van der Waals surface area (Å²) in [5.74, 6) is -4.69. The van der Waals surface area contributed by atoms with Crippen LogP contribution in [0.4, 0.5) is 0 Å². The van der Waals surface area contributed by atoms with E-state index < -0.39 is 66.8 Å². The van der Waals surface area contributed by atoms with Gasteiger partial charge in [-0.15, -0.1) is 0 Å². The molecule has 1 heterocycles. The molecule has 1 aliphatic heterocycles. The molecular formula is C14H22NO12P. The largest absolute Gasteiger partial charge is 0.472 e. The summed E-state index contributed by atoms with van der Waals surface area (Å²) in [6.45, 7) is 3.16. The number of carbonyl (C=O) groups excluding carboxylic acids is 4. The Kier molecular flexibility index (Phi) is 7.03. The Morgan fingerprint density at radius 3 is 1.82 bits per heavy atom. The molecule has 1 unspecified atom stereocenters. The van der Waals surface area contributed by atoms with Gasteiger partial charge >= 0.3 is 7.82 Å². The van der Waals surface area contributed by atoms with Gasteiger partial charge in [0.25, 0.3) is 0 Å². The highest BCUT2D eigenvalue weighted by Crippen LogP contribution is 2.46. The van der Waals surface area contributed by atoms with Crippen LogP contribution in [0.1, 0.15) is 27.7 Å². The number of rotatable bonds is 7. The second-order valence-electron chi connectivity index (χ2n) is 6.40. The fourth-order valence-electron chi connectivity index (χ4n) is 3.06. The van der Waals surface area contributed by atoms with Crippen LogP contribution in [-0.2, 0) is 33.0 Å². The van der Waals surface area contributed by atoms with Crippen LogP contribution < -0.4 is 5.32 Å². The van der Waals surface area contributed by atoms with E-state index in [0.717, 1.165) is 13.8 Å². The predicted octanol–water partition coefficient (Wildman–Crippen LogP) is -3.08. The van der Waals surface area contributed by atoms with Gasteiger partial charge in [0.2, 0.25) is 5.91 Å². The molecule has 0 radical (unpaired) electrons. The molecule has 1 fully saturated rings. The van der Waals surface area contributed by atoms with Crippen LogP contribution in [0, 0.1) is 0 Å². The lowest BCUT2D eigenvalue weighted by molar-refractivity contribution is -0.309. The number of carbonyl (C=O) groups is 4. The third kappa shape index (κ3) is 4.21. The summed E-state index contributed by atoms with van der Waals surface area (Å²) in [7, 11) is -5.38. The standard InChI is InChI=1S/C14H22NO12P/c1-5(16)9(20)11-14(22,7(3)18)13(21,6(2)17)10(15-8(4)19)12(26-11)27-28(23,24)25/h9-12,20-22H,1-4H3,(H,15,19)(H2,23,24,25)/t9?,10-,11-,12+,13-,14-/m1/s1. The van der Waals surface area contributed by atoms with Gasteiger partial charge in [0.15, 0.2) is 34.8 Å². The Labute approximate surface area is 158 Å². The Balaban J connectivity index is 3.80. The second-order valence-corrected chi connectivity index (χ2v) is 7.59. The molecule has 0 aromatic rings. The molecule has 28 heavy (non-hydrogen) atoms. The number of aliphatic hydroxyl groups is 3. The number of hydrogen-bond donors (Lipinski definition) is 6. The molecule has 13 nitrogen and oxygen atoms in total. The molecule has 1 saturated heterocycles. The maximum Gasteiger partial charge on any atom is 0.472 e. The summed E-state index contributed by atoms with van der Waals surface area (Å²) in [5.41, 5.74) is -6.57. The first-order valence-electron chi connectivity index (χ1n) is 7.82. The first-order chi connectivity index (χ1) is 12.5. The molecule has 1 aliphatic rings. The highest BCUT2D eigenvalue weighted by molar-refractivity contribution is 7.46. The molecule has 1 rings (SSSR count). The lowest BCUT2D eigenvalue weighted by Gasteiger charge is -2.54. The van der Waals surface area contributed by atoms with Crippen molar-refractivity contribution in [1.29, 1.82) is 0 Å². The lowest BCUT2D eigenvalue weighted by Crippen LogP contribution is -2.83. The molecule has 1 amide bonds. The number of phosphoric acid groups is 1. The van der Waals surface area contributed by atoms with E-state index in [1.54, 1.807) is 0 Å². The number of ether oxygens (including phenoxy) is 1. The van der Waals surface area contributed by atoms with Gasteiger partial charge in [0, 0.05) is 6.92 Å². The van der Waals surface area contributed by atoms with E-state index >= 15 is 0 Å². The molecule has 6 atom stereocenters. The Morgan fingerprint density at radius 1 is 1.04 bits per heavy atom. The van der Waals surface area contributed by atoms with Crippen molar-refractivity contribution >= 4 is 31.1 Å². The van der Waals surface area contributed by atoms with Crippen molar-refractivity contribution < 1.29 is 58.1 Å². The zero-order valence-corrected chi connectivity index (χ0v) is 16.2. The topological polar surface area (TPSA) is 217 Å². The molecule has 0 aliphatic carbocycles. The Morgan fingerprint density at radius 2 is 1.50 bits per heavy atom. The number of hydrogen-bond acceptors (Lipinski definition) is 10. The number of ketones is 3. The quantitative estimate of drug-likeness (QED) is 0.223. The number of Topliss-reactive ketones (excluding diaryl/α,β-unsaturated/α-hetero) is 3. The van der Waals surface area contributed by atoms with E-state index in [2.05, 4.69) is 4.52 Å². The van der Waals surface area contributed by atoms with Gasteiger partial charge in [0.1, 0.15) is 18.2 Å². The first kappa shape index (κ1) is 24.5. The number of nitrogens with one attached hydrogen (secondary N) is 1. The van der Waals surface area contributed by atoms with Crippen LogP contribution >= 0.6 is 7.82 Å². The number of aliphatic hydroxyl groups excluding tert-OH is 1. The zero-order chi connectivity index (χ0) is 22.2. The highest BCUT2D eigenvalue weighted by Gasteiger charge is 2.72. The van der Waals surface area contributed by atoms with Crippen LogP contribution in [0.3, 0.4) is 0 Å². The monoisotopic (exact) mass is 427 g/mol. The highest BCUT2D eigenvalue weighted by atomic mass is 31.2. The lowest BCUT2D eigenvalue weighted by atomic mass is 9.66. The van der Waals surface area contributed by atoms with Crippen molar-refractivity contribution in [3.05, 3.63) is 0 Å². The van der Waals surface area contributed by atoms with Gasteiger partial charge in [-0.3, -0.25) is 23.7 Å². The van der Waals surface area contributed by atoms with Crippen molar-refractivity contribution in [3.8, 4) is 0 Å². The fourth-order valence-corrected chi connectivity index (χ4v) is 3.50. The second kappa shape index (κ2) is 8.05. The van der Waals surface area contributed by atoms with Gasteiger partial charge in [-0.2, -0.15) is 0 Å². The van der Waals surface area contributed by atoms with E-state index in [1.165, 1.54) is 0 Å². The van der Waals surface area contributed by atoms with Gasteiger partial charge in [-0.25, -0.2) is 4.57 Å².